The third-order valence-electron chi connectivity index (χ3n) is 15.7. The fourth-order valence-electron chi connectivity index (χ4n) is 10.5. The lowest BCUT2D eigenvalue weighted by Gasteiger charge is -2.18. The summed E-state index contributed by atoms with van der Waals surface area (Å²) in [5, 5.41) is 0. The van der Waals surface area contributed by atoms with Crippen molar-refractivity contribution in [2.45, 2.75) is 393 Å². The summed E-state index contributed by atoms with van der Waals surface area (Å²) < 4.78 is 16.8. The highest BCUT2D eigenvalue weighted by Gasteiger charge is 2.19. The Kier molecular flexibility index (Phi) is 63.6. The van der Waals surface area contributed by atoms with E-state index in [-0.39, 0.29) is 31.1 Å². The Morgan fingerprint density at radius 1 is 0.250 bits per heavy atom. The first-order valence-electron chi connectivity index (χ1n) is 34.3. The molecule has 0 spiro atoms. The monoisotopic (exact) mass is 1070 g/mol. The minimum Gasteiger partial charge on any atom is -0.462 e. The summed E-state index contributed by atoms with van der Waals surface area (Å²) in [6.45, 7) is 6.65. The van der Waals surface area contributed by atoms with E-state index in [2.05, 4.69) is 45.1 Å². The minimum absolute atomic E-state index is 0.0664. The quantitative estimate of drug-likeness (QED) is 0.0261. The van der Waals surface area contributed by atoms with Gasteiger partial charge in [0, 0.05) is 19.3 Å². The van der Waals surface area contributed by atoms with Crippen LogP contribution in [-0.4, -0.2) is 37.2 Å². The molecule has 0 aromatic heterocycles. The summed E-state index contributed by atoms with van der Waals surface area (Å²) in [4.78, 5) is 38.1. The molecule has 0 saturated heterocycles. The van der Waals surface area contributed by atoms with Crippen LogP contribution in [0.5, 0.6) is 0 Å². The van der Waals surface area contributed by atoms with Crippen LogP contribution in [0.15, 0.2) is 24.3 Å². The average Bonchev–Trinajstić information content (AvgIpc) is 3.42. The van der Waals surface area contributed by atoms with Crippen LogP contribution in [0.1, 0.15) is 387 Å². The van der Waals surface area contributed by atoms with Crippen molar-refractivity contribution in [1.82, 2.24) is 0 Å². The van der Waals surface area contributed by atoms with Gasteiger partial charge < -0.3 is 14.2 Å². The molecule has 1 unspecified atom stereocenters. The van der Waals surface area contributed by atoms with E-state index in [0.29, 0.717) is 19.3 Å². The van der Waals surface area contributed by atoms with E-state index < -0.39 is 6.10 Å². The summed E-state index contributed by atoms with van der Waals surface area (Å²) in [6, 6.07) is 0. The van der Waals surface area contributed by atoms with Gasteiger partial charge >= 0.3 is 17.9 Å². The van der Waals surface area contributed by atoms with E-state index in [1.54, 1.807) is 0 Å². The van der Waals surface area contributed by atoms with Crippen molar-refractivity contribution in [2.75, 3.05) is 13.2 Å². The van der Waals surface area contributed by atoms with Crippen LogP contribution < -0.4 is 0 Å². The Morgan fingerprint density at radius 3 is 0.658 bits per heavy atom. The summed E-state index contributed by atoms with van der Waals surface area (Å²) in [6.07, 6.45) is 79.6. The molecule has 0 aliphatic heterocycles. The average molecular weight is 1070 g/mol. The van der Waals surface area contributed by atoms with Crippen LogP contribution >= 0.6 is 0 Å². The maximum atomic E-state index is 12.9. The molecule has 0 N–H and O–H groups in total. The van der Waals surface area contributed by atoms with Crippen molar-refractivity contribution in [3.05, 3.63) is 24.3 Å². The molecule has 0 aromatic carbocycles. The molecule has 0 bridgehead atoms. The lowest BCUT2D eigenvalue weighted by atomic mass is 10.0. The lowest BCUT2D eigenvalue weighted by Crippen LogP contribution is -2.30. The van der Waals surface area contributed by atoms with Gasteiger partial charge in [-0.15, -0.1) is 0 Å². The molecule has 0 aliphatic rings. The van der Waals surface area contributed by atoms with Crippen LogP contribution in [0.4, 0.5) is 0 Å². The first-order chi connectivity index (χ1) is 37.5. The molecule has 0 fully saturated rings. The van der Waals surface area contributed by atoms with E-state index in [1.165, 1.54) is 289 Å². The Hall–Kier alpha value is -2.11. The molecule has 0 saturated carbocycles. The van der Waals surface area contributed by atoms with E-state index in [1.807, 2.05) is 0 Å². The Morgan fingerprint density at radius 2 is 0.434 bits per heavy atom. The van der Waals surface area contributed by atoms with Crippen molar-refractivity contribution in [1.29, 1.82) is 0 Å². The highest BCUT2D eigenvalue weighted by molar-refractivity contribution is 5.71. The molecule has 0 radical (unpaired) electrons. The molecule has 6 nitrogen and oxygen atoms in total. The summed E-state index contributed by atoms with van der Waals surface area (Å²) in [7, 11) is 0. The SMILES string of the molecule is CCCCCCCCCC/C=C\CCCCCCCCCCCCCCCCCCCC(=O)OCC(COC(=O)CCCCCCCC)OC(=O)CCCCCCCCCCCCC/C=C\CCCCCCCCCC. The van der Waals surface area contributed by atoms with Crippen molar-refractivity contribution < 1.29 is 28.6 Å². The topological polar surface area (TPSA) is 78.9 Å². The van der Waals surface area contributed by atoms with Crippen molar-refractivity contribution in [2.24, 2.45) is 0 Å². The molecular formula is C70H132O6. The molecule has 1 atom stereocenters. The van der Waals surface area contributed by atoms with Crippen LogP contribution in [0, 0.1) is 0 Å². The Labute approximate surface area is 474 Å². The van der Waals surface area contributed by atoms with E-state index >= 15 is 0 Å². The van der Waals surface area contributed by atoms with Crippen molar-refractivity contribution in [3.8, 4) is 0 Å². The van der Waals surface area contributed by atoms with Gasteiger partial charge in [0.2, 0.25) is 0 Å². The number of carbonyl (C=O) groups excluding carboxylic acids is 3. The van der Waals surface area contributed by atoms with E-state index in [0.717, 1.165) is 57.8 Å². The molecule has 76 heavy (non-hydrogen) atoms. The second kappa shape index (κ2) is 65.4. The first-order valence-corrected chi connectivity index (χ1v) is 34.3. The standard InChI is InChI=1S/C70H132O6/c1-4-7-10-13-16-18-20-22-24-26-28-30-32-33-34-35-36-37-39-40-42-44-46-48-50-52-54-57-60-63-69(72)75-66-67(65-74-68(71)62-59-56-15-12-9-6-3)76-70(73)64-61-58-55-53-51-49-47-45-43-41-38-31-29-27-25-23-21-19-17-14-11-8-5-2/h26-29,67H,4-25,30-66H2,1-3H3/b28-26-,29-27-. The van der Waals surface area contributed by atoms with Crippen LogP contribution in [0.2, 0.25) is 0 Å². The van der Waals surface area contributed by atoms with Gasteiger partial charge in [-0.25, -0.2) is 0 Å². The van der Waals surface area contributed by atoms with Crippen LogP contribution in [-0.2, 0) is 28.6 Å². The van der Waals surface area contributed by atoms with E-state index in [9.17, 15) is 14.4 Å². The van der Waals surface area contributed by atoms with Gasteiger partial charge in [-0.05, 0) is 70.6 Å². The number of allylic oxidation sites excluding steroid dienone is 4. The van der Waals surface area contributed by atoms with Gasteiger partial charge in [0.1, 0.15) is 13.2 Å². The zero-order chi connectivity index (χ0) is 55.0. The first kappa shape index (κ1) is 73.9. The molecule has 448 valence electrons. The number of rotatable bonds is 64. The summed E-state index contributed by atoms with van der Waals surface area (Å²) in [5.74, 6) is -0.851. The molecule has 0 heterocycles. The fraction of sp³-hybridized carbons (Fsp3) is 0.900. The summed E-state index contributed by atoms with van der Waals surface area (Å²) >= 11 is 0. The smallest absolute Gasteiger partial charge is 0.306 e. The second-order valence-corrected chi connectivity index (χ2v) is 23.4. The molecule has 0 aromatic rings. The highest BCUT2D eigenvalue weighted by Crippen LogP contribution is 2.18. The largest absolute Gasteiger partial charge is 0.462 e. The third kappa shape index (κ3) is 62.7. The van der Waals surface area contributed by atoms with Gasteiger partial charge in [-0.3, -0.25) is 14.4 Å². The molecule has 6 heteroatoms. The van der Waals surface area contributed by atoms with Gasteiger partial charge in [-0.2, -0.15) is 0 Å². The second-order valence-electron chi connectivity index (χ2n) is 23.4. The van der Waals surface area contributed by atoms with E-state index in [4.69, 9.17) is 14.2 Å². The van der Waals surface area contributed by atoms with Crippen LogP contribution in [0.25, 0.3) is 0 Å². The number of esters is 3. The fourth-order valence-corrected chi connectivity index (χ4v) is 10.5. The van der Waals surface area contributed by atoms with Gasteiger partial charge in [-0.1, -0.05) is 321 Å². The molecule has 0 amide bonds. The maximum Gasteiger partial charge on any atom is 0.306 e. The third-order valence-corrected chi connectivity index (χ3v) is 15.7. The zero-order valence-corrected chi connectivity index (χ0v) is 51.6. The zero-order valence-electron chi connectivity index (χ0n) is 51.6. The number of carbonyl (C=O) groups is 3. The normalized spacial score (nSPS) is 12.1. The summed E-state index contributed by atoms with van der Waals surface area (Å²) in [5.41, 5.74) is 0. The minimum atomic E-state index is -0.766. The Balaban J connectivity index is 3.98. The number of unbranched alkanes of at least 4 members (excludes halogenated alkanes) is 49. The number of hydrogen-bond donors (Lipinski definition) is 0. The Bertz CT molecular complexity index is 1230. The lowest BCUT2D eigenvalue weighted by molar-refractivity contribution is -0.167. The van der Waals surface area contributed by atoms with Crippen molar-refractivity contribution in [3.63, 3.8) is 0 Å². The van der Waals surface area contributed by atoms with Gasteiger partial charge in [0.05, 0.1) is 0 Å². The van der Waals surface area contributed by atoms with Gasteiger partial charge in [0.15, 0.2) is 6.10 Å². The predicted molar refractivity (Wildman–Crippen MR) is 330 cm³/mol. The van der Waals surface area contributed by atoms with Crippen LogP contribution in [0.3, 0.4) is 0 Å². The van der Waals surface area contributed by atoms with Gasteiger partial charge in [0.25, 0.3) is 0 Å². The number of hydrogen-bond acceptors (Lipinski definition) is 6. The molecule has 0 aliphatic carbocycles. The number of ether oxygens (including phenoxy) is 3. The molecular weight excluding hydrogens is 937 g/mol. The maximum absolute atomic E-state index is 12.9. The highest BCUT2D eigenvalue weighted by atomic mass is 16.6. The molecule has 0 rings (SSSR count). The van der Waals surface area contributed by atoms with Crippen molar-refractivity contribution >= 4 is 17.9 Å². The predicted octanol–water partition coefficient (Wildman–Crippen LogP) is 23.4.